The predicted molar refractivity (Wildman–Crippen MR) is 115 cm³/mol. The lowest BCUT2D eigenvalue weighted by molar-refractivity contribution is -0.118. The highest BCUT2D eigenvalue weighted by Gasteiger charge is 2.11. The van der Waals surface area contributed by atoms with E-state index in [9.17, 15) is 4.79 Å². The number of nitrogens with zero attached hydrogens (tertiary/aromatic N) is 4. The number of aromatic nitrogens is 4. The van der Waals surface area contributed by atoms with E-state index in [-0.39, 0.29) is 11.7 Å². The molecule has 6 nitrogen and oxygen atoms in total. The molecule has 0 fully saturated rings. The fourth-order valence-electron chi connectivity index (χ4n) is 2.83. The van der Waals surface area contributed by atoms with Crippen LogP contribution in [0.15, 0.2) is 65.8 Å². The molecule has 0 saturated carbocycles. The van der Waals surface area contributed by atoms with E-state index >= 15 is 0 Å². The van der Waals surface area contributed by atoms with Gasteiger partial charge in [-0.1, -0.05) is 71.4 Å². The average Bonchev–Trinajstić information content (AvgIpc) is 3.14. The van der Waals surface area contributed by atoms with Gasteiger partial charge < -0.3 is 5.32 Å². The second-order valence-corrected chi connectivity index (χ2v) is 7.83. The van der Waals surface area contributed by atoms with Gasteiger partial charge in [-0.25, -0.2) is 0 Å². The topological polar surface area (TPSA) is 72.2 Å². The number of rotatable bonds is 6. The summed E-state index contributed by atoms with van der Waals surface area (Å²) in [5.74, 6) is 0.199. The third kappa shape index (κ3) is 4.63. The van der Waals surface area contributed by atoms with Gasteiger partial charge in [-0.2, -0.15) is 9.61 Å². The fraction of sp³-hybridized carbons (Fsp3) is 0.182. The largest absolute Gasteiger partial charge is 0.351 e. The molecular weight excluding hydrogens is 382 g/mol. The van der Waals surface area contributed by atoms with Crippen molar-refractivity contribution in [2.24, 2.45) is 0 Å². The molecule has 4 aromatic rings. The number of benzene rings is 2. The van der Waals surface area contributed by atoms with Gasteiger partial charge in [0.2, 0.25) is 11.1 Å². The van der Waals surface area contributed by atoms with E-state index in [4.69, 9.17) is 0 Å². The Morgan fingerprint density at radius 2 is 1.62 bits per heavy atom. The molecule has 2 aromatic heterocycles. The van der Waals surface area contributed by atoms with Crippen LogP contribution in [-0.4, -0.2) is 31.5 Å². The van der Waals surface area contributed by atoms with Gasteiger partial charge in [0.1, 0.15) is 0 Å². The van der Waals surface area contributed by atoms with Crippen molar-refractivity contribution in [2.75, 3.05) is 5.75 Å². The Morgan fingerprint density at radius 1 is 0.931 bits per heavy atom. The monoisotopic (exact) mass is 403 g/mol. The molecule has 4 rings (SSSR count). The predicted octanol–water partition coefficient (Wildman–Crippen LogP) is 3.82. The molecule has 2 aromatic carbocycles. The van der Waals surface area contributed by atoms with Gasteiger partial charge >= 0.3 is 0 Å². The van der Waals surface area contributed by atoms with E-state index in [1.54, 1.807) is 4.52 Å². The second-order valence-electron chi connectivity index (χ2n) is 6.89. The van der Waals surface area contributed by atoms with E-state index in [0.29, 0.717) is 17.3 Å². The minimum Gasteiger partial charge on any atom is -0.351 e. The summed E-state index contributed by atoms with van der Waals surface area (Å²) < 4.78 is 1.69. The average molecular weight is 404 g/mol. The Balaban J connectivity index is 1.42. The highest BCUT2D eigenvalue weighted by Crippen LogP contribution is 2.21. The highest BCUT2D eigenvalue weighted by atomic mass is 32.2. The van der Waals surface area contributed by atoms with Gasteiger partial charge in [0.25, 0.3) is 0 Å². The molecule has 0 spiro atoms. The third-order valence-corrected chi connectivity index (χ3v) is 5.44. The zero-order valence-electron chi connectivity index (χ0n) is 16.3. The molecule has 0 aliphatic rings. The molecule has 0 saturated heterocycles. The van der Waals surface area contributed by atoms with Crippen LogP contribution in [0.3, 0.4) is 0 Å². The van der Waals surface area contributed by atoms with Crippen LogP contribution in [0, 0.1) is 13.8 Å². The quantitative estimate of drug-likeness (QED) is 0.496. The highest BCUT2D eigenvalue weighted by molar-refractivity contribution is 7.99. The summed E-state index contributed by atoms with van der Waals surface area (Å²) in [5, 5.41) is 16.5. The van der Waals surface area contributed by atoms with Crippen LogP contribution in [0.5, 0.6) is 0 Å². The van der Waals surface area contributed by atoms with Gasteiger partial charge in [0, 0.05) is 12.1 Å². The molecule has 0 aliphatic carbocycles. The van der Waals surface area contributed by atoms with Gasteiger partial charge in [0.15, 0.2) is 5.65 Å². The first-order valence-electron chi connectivity index (χ1n) is 9.33. The Bertz CT molecular complexity index is 1140. The molecule has 2 heterocycles. The lowest BCUT2D eigenvalue weighted by Gasteiger charge is -2.06. The smallest absolute Gasteiger partial charge is 0.230 e. The number of hydrogen-bond acceptors (Lipinski definition) is 5. The number of amides is 1. The SMILES string of the molecule is Cc1ccc(CNC(=O)CSc2nnc3ccc(-c4ccc(C)cc4)nn23)cc1. The van der Waals surface area contributed by atoms with Crippen LogP contribution in [-0.2, 0) is 11.3 Å². The molecule has 0 aliphatic heterocycles. The number of thioether (sulfide) groups is 1. The van der Waals surface area contributed by atoms with Crippen molar-refractivity contribution in [3.05, 3.63) is 77.4 Å². The van der Waals surface area contributed by atoms with E-state index in [1.807, 2.05) is 55.5 Å². The maximum absolute atomic E-state index is 12.2. The summed E-state index contributed by atoms with van der Waals surface area (Å²) in [7, 11) is 0. The molecule has 7 heteroatoms. The van der Waals surface area contributed by atoms with Crippen LogP contribution in [0.1, 0.15) is 16.7 Å². The number of carbonyl (C=O) groups is 1. The summed E-state index contributed by atoms with van der Waals surface area (Å²) in [6.07, 6.45) is 0. The summed E-state index contributed by atoms with van der Waals surface area (Å²) >= 11 is 1.32. The normalized spacial score (nSPS) is 11.0. The summed E-state index contributed by atoms with van der Waals surface area (Å²) in [5.41, 5.74) is 5.99. The molecule has 29 heavy (non-hydrogen) atoms. The Kier molecular flexibility index (Phi) is 5.57. The Hall–Kier alpha value is -3.19. The van der Waals surface area contributed by atoms with Crippen molar-refractivity contribution in [3.63, 3.8) is 0 Å². The summed E-state index contributed by atoms with van der Waals surface area (Å²) in [4.78, 5) is 12.2. The second kappa shape index (κ2) is 8.45. The fourth-order valence-corrected chi connectivity index (χ4v) is 3.54. The molecule has 0 bridgehead atoms. The van der Waals surface area contributed by atoms with Gasteiger partial charge in [-0.3, -0.25) is 4.79 Å². The van der Waals surface area contributed by atoms with Crippen LogP contribution in [0.25, 0.3) is 16.9 Å². The first-order chi connectivity index (χ1) is 14.1. The number of nitrogens with one attached hydrogen (secondary N) is 1. The Labute approximate surface area is 173 Å². The van der Waals surface area contributed by atoms with Crippen LogP contribution in [0.2, 0.25) is 0 Å². The number of carbonyl (C=O) groups excluding carboxylic acids is 1. The number of fused-ring (bicyclic) bond motifs is 1. The first-order valence-corrected chi connectivity index (χ1v) is 10.3. The van der Waals surface area contributed by atoms with E-state index < -0.39 is 0 Å². The molecule has 146 valence electrons. The lowest BCUT2D eigenvalue weighted by atomic mass is 10.1. The summed E-state index contributed by atoms with van der Waals surface area (Å²) in [6.45, 7) is 4.61. The molecule has 1 N–H and O–H groups in total. The van der Waals surface area contributed by atoms with E-state index in [2.05, 4.69) is 39.7 Å². The number of hydrogen-bond donors (Lipinski definition) is 1. The molecule has 1 amide bonds. The van der Waals surface area contributed by atoms with Crippen LogP contribution >= 0.6 is 11.8 Å². The zero-order valence-corrected chi connectivity index (χ0v) is 17.1. The summed E-state index contributed by atoms with van der Waals surface area (Å²) in [6, 6.07) is 20.1. The minimum absolute atomic E-state index is 0.0537. The van der Waals surface area contributed by atoms with Crippen LogP contribution in [0.4, 0.5) is 0 Å². The molecular formula is C22H21N5OS. The zero-order chi connectivity index (χ0) is 20.2. The van der Waals surface area contributed by atoms with Crippen molar-refractivity contribution in [3.8, 4) is 11.3 Å². The maximum atomic E-state index is 12.2. The van der Waals surface area contributed by atoms with Gasteiger partial charge in [-0.05, 0) is 31.5 Å². The van der Waals surface area contributed by atoms with E-state index in [0.717, 1.165) is 16.8 Å². The lowest BCUT2D eigenvalue weighted by Crippen LogP contribution is -2.24. The molecule has 0 unspecified atom stereocenters. The third-order valence-electron chi connectivity index (χ3n) is 4.52. The standard InChI is InChI=1S/C22H21N5OS/c1-15-3-7-17(8-4-15)13-23-21(28)14-29-22-25-24-20-12-11-19(26-27(20)22)18-9-5-16(2)6-10-18/h3-12H,13-14H2,1-2H3,(H,23,28). The minimum atomic E-state index is -0.0537. The van der Waals surface area contributed by atoms with Crippen LogP contribution < -0.4 is 5.32 Å². The van der Waals surface area contributed by atoms with Gasteiger partial charge in [0.05, 0.1) is 11.4 Å². The number of aryl methyl sites for hydroxylation is 2. The van der Waals surface area contributed by atoms with Crippen molar-refractivity contribution in [2.45, 2.75) is 25.5 Å². The maximum Gasteiger partial charge on any atom is 0.230 e. The molecule has 0 atom stereocenters. The first kappa shape index (κ1) is 19.1. The Morgan fingerprint density at radius 3 is 2.34 bits per heavy atom. The van der Waals surface area contributed by atoms with Gasteiger partial charge in [-0.15, -0.1) is 10.2 Å². The van der Waals surface area contributed by atoms with Crippen molar-refractivity contribution < 1.29 is 4.79 Å². The van der Waals surface area contributed by atoms with Crippen molar-refractivity contribution in [1.29, 1.82) is 0 Å². The molecule has 0 radical (unpaired) electrons. The van der Waals surface area contributed by atoms with Crippen molar-refractivity contribution in [1.82, 2.24) is 25.1 Å². The van der Waals surface area contributed by atoms with E-state index in [1.165, 1.54) is 22.9 Å². The van der Waals surface area contributed by atoms with Crippen molar-refractivity contribution >= 4 is 23.3 Å².